The molecule has 0 radical (unpaired) electrons. The number of aliphatic hydroxyl groups is 1. The number of hydrogen-bond donors (Lipinski definition) is 1. The zero-order valence-electron chi connectivity index (χ0n) is 10.4. The molecule has 0 aliphatic rings. The van der Waals surface area contributed by atoms with Crippen molar-refractivity contribution in [2.24, 2.45) is 0 Å². The molecule has 0 saturated carbocycles. The summed E-state index contributed by atoms with van der Waals surface area (Å²) in [6, 6.07) is 3.58. The first kappa shape index (κ1) is 13.5. The van der Waals surface area contributed by atoms with Crippen LogP contribution in [0.4, 0.5) is 0 Å². The summed E-state index contributed by atoms with van der Waals surface area (Å²) >= 11 is 0. The van der Waals surface area contributed by atoms with Crippen LogP contribution < -0.4 is 4.74 Å². The molecular weight excluding hydrogens is 220 g/mol. The molecule has 17 heavy (non-hydrogen) atoms. The summed E-state index contributed by atoms with van der Waals surface area (Å²) in [5, 5.41) is 8.61. The maximum absolute atomic E-state index is 11.7. The monoisotopic (exact) mass is 238 g/mol. The van der Waals surface area contributed by atoms with Crippen LogP contribution in [0.3, 0.4) is 0 Å². The third-order valence-corrected chi connectivity index (χ3v) is 2.50. The lowest BCUT2D eigenvalue weighted by atomic mass is 10.0. The summed E-state index contributed by atoms with van der Waals surface area (Å²) in [7, 11) is 1.60. The molecule has 0 bridgehead atoms. The van der Waals surface area contributed by atoms with Gasteiger partial charge in [-0.2, -0.15) is 0 Å². The second-order valence-corrected chi connectivity index (χ2v) is 3.85. The van der Waals surface area contributed by atoms with Gasteiger partial charge in [-0.25, -0.2) is 4.79 Å². The van der Waals surface area contributed by atoms with Crippen LogP contribution in [-0.2, 0) is 4.74 Å². The van der Waals surface area contributed by atoms with Gasteiger partial charge in [0.15, 0.2) is 0 Å². The van der Waals surface area contributed by atoms with Gasteiger partial charge in [-0.15, -0.1) is 0 Å². The molecule has 0 aromatic heterocycles. The summed E-state index contributed by atoms with van der Waals surface area (Å²) in [5.41, 5.74) is 2.26. The second kappa shape index (κ2) is 6.25. The predicted octanol–water partition coefficient (Wildman–Crippen LogP) is 1.85. The quantitative estimate of drug-likeness (QED) is 0.628. The zero-order valence-corrected chi connectivity index (χ0v) is 10.4. The summed E-state index contributed by atoms with van der Waals surface area (Å²) in [4.78, 5) is 11.7. The van der Waals surface area contributed by atoms with E-state index in [1.807, 2.05) is 19.9 Å². The minimum atomic E-state index is -0.360. The number of aliphatic hydroxyl groups excluding tert-OH is 1. The average molecular weight is 238 g/mol. The summed E-state index contributed by atoms with van der Waals surface area (Å²) in [5.74, 6) is 0.399. The number of ether oxygens (including phenoxy) is 2. The zero-order chi connectivity index (χ0) is 12.8. The van der Waals surface area contributed by atoms with Gasteiger partial charge in [-0.3, -0.25) is 0 Å². The van der Waals surface area contributed by atoms with Crippen molar-refractivity contribution < 1.29 is 19.4 Å². The van der Waals surface area contributed by atoms with Crippen molar-refractivity contribution in [2.75, 3.05) is 20.3 Å². The van der Waals surface area contributed by atoms with Crippen molar-refractivity contribution in [3.05, 3.63) is 28.8 Å². The van der Waals surface area contributed by atoms with Crippen molar-refractivity contribution in [3.8, 4) is 5.75 Å². The minimum Gasteiger partial charge on any atom is -0.496 e. The Labute approximate surface area is 101 Å². The Bertz CT molecular complexity index is 399. The molecule has 4 nitrogen and oxygen atoms in total. The minimum absolute atomic E-state index is 0.0217. The van der Waals surface area contributed by atoms with E-state index in [0.717, 1.165) is 16.9 Å². The smallest absolute Gasteiger partial charge is 0.338 e. The van der Waals surface area contributed by atoms with E-state index in [-0.39, 0.29) is 19.2 Å². The topological polar surface area (TPSA) is 55.8 Å². The fourth-order valence-corrected chi connectivity index (χ4v) is 1.54. The van der Waals surface area contributed by atoms with E-state index in [1.54, 1.807) is 13.2 Å². The largest absolute Gasteiger partial charge is 0.496 e. The molecule has 4 heteroatoms. The van der Waals surface area contributed by atoms with Gasteiger partial charge in [-0.05, 0) is 37.1 Å². The predicted molar refractivity (Wildman–Crippen MR) is 64.5 cm³/mol. The first-order valence-corrected chi connectivity index (χ1v) is 5.53. The van der Waals surface area contributed by atoms with Gasteiger partial charge in [0.1, 0.15) is 5.75 Å². The number of carbonyl (C=O) groups excluding carboxylic acids is 1. The van der Waals surface area contributed by atoms with Crippen molar-refractivity contribution >= 4 is 5.97 Å². The molecule has 0 unspecified atom stereocenters. The van der Waals surface area contributed by atoms with Gasteiger partial charge in [0.25, 0.3) is 0 Å². The highest BCUT2D eigenvalue weighted by molar-refractivity contribution is 5.91. The van der Waals surface area contributed by atoms with Crippen molar-refractivity contribution in [2.45, 2.75) is 20.3 Å². The van der Waals surface area contributed by atoms with Crippen molar-refractivity contribution in [1.82, 2.24) is 0 Å². The van der Waals surface area contributed by atoms with E-state index in [4.69, 9.17) is 14.6 Å². The first-order chi connectivity index (χ1) is 8.10. The Morgan fingerprint density at radius 3 is 2.59 bits per heavy atom. The van der Waals surface area contributed by atoms with Crippen molar-refractivity contribution in [3.63, 3.8) is 0 Å². The molecule has 1 N–H and O–H groups in total. The normalized spacial score (nSPS) is 10.1. The van der Waals surface area contributed by atoms with Crippen LogP contribution >= 0.6 is 0 Å². The Hall–Kier alpha value is -1.55. The summed E-state index contributed by atoms with van der Waals surface area (Å²) in [6.45, 7) is 3.97. The van der Waals surface area contributed by atoms with Crippen LogP contribution in [0.2, 0.25) is 0 Å². The molecule has 1 aromatic carbocycles. The Kier molecular flexibility index (Phi) is 4.97. The van der Waals surface area contributed by atoms with Gasteiger partial charge < -0.3 is 14.6 Å². The summed E-state index contributed by atoms with van der Waals surface area (Å²) < 4.78 is 10.2. The molecule has 0 aliphatic heterocycles. The lowest BCUT2D eigenvalue weighted by Crippen LogP contribution is -2.09. The van der Waals surface area contributed by atoms with Crippen LogP contribution in [0, 0.1) is 13.8 Å². The Morgan fingerprint density at radius 2 is 2.00 bits per heavy atom. The lowest BCUT2D eigenvalue weighted by Gasteiger charge is -2.10. The van der Waals surface area contributed by atoms with Crippen LogP contribution in [-0.4, -0.2) is 31.4 Å². The van der Waals surface area contributed by atoms with E-state index in [2.05, 4.69) is 0 Å². The van der Waals surface area contributed by atoms with E-state index in [9.17, 15) is 4.79 Å². The van der Waals surface area contributed by atoms with Crippen LogP contribution in [0.15, 0.2) is 12.1 Å². The van der Waals surface area contributed by atoms with Crippen molar-refractivity contribution in [1.29, 1.82) is 0 Å². The molecule has 0 heterocycles. The molecule has 0 fully saturated rings. The molecular formula is C13H18O4. The maximum atomic E-state index is 11.7. The average Bonchev–Trinajstić information content (AvgIpc) is 2.31. The van der Waals surface area contributed by atoms with Crippen LogP contribution in [0.5, 0.6) is 5.75 Å². The molecule has 0 atom stereocenters. The molecule has 0 spiro atoms. The highest BCUT2D eigenvalue weighted by atomic mass is 16.5. The summed E-state index contributed by atoms with van der Waals surface area (Å²) in [6.07, 6.45) is 0.458. The third-order valence-electron chi connectivity index (χ3n) is 2.50. The van der Waals surface area contributed by atoms with E-state index in [1.165, 1.54) is 0 Å². The molecule has 94 valence electrons. The maximum Gasteiger partial charge on any atom is 0.338 e. The Morgan fingerprint density at radius 1 is 1.29 bits per heavy atom. The van der Waals surface area contributed by atoms with Crippen LogP contribution in [0.1, 0.15) is 27.9 Å². The van der Waals surface area contributed by atoms with Gasteiger partial charge in [0.2, 0.25) is 0 Å². The number of methoxy groups -OCH3 is 1. The molecule has 0 saturated heterocycles. The van der Waals surface area contributed by atoms with Crippen LogP contribution in [0.25, 0.3) is 0 Å². The van der Waals surface area contributed by atoms with Gasteiger partial charge in [-0.1, -0.05) is 0 Å². The third kappa shape index (κ3) is 3.46. The number of rotatable bonds is 5. The van der Waals surface area contributed by atoms with Gasteiger partial charge >= 0.3 is 5.97 Å². The fraction of sp³-hybridized carbons (Fsp3) is 0.462. The standard InChI is InChI=1S/C13H18O4/c1-9-8-12(16-3)10(2)7-11(9)13(15)17-6-4-5-14/h7-8,14H,4-6H2,1-3H3. The molecule has 1 rings (SSSR count). The highest BCUT2D eigenvalue weighted by Gasteiger charge is 2.13. The van der Waals surface area contributed by atoms with Gasteiger partial charge in [0, 0.05) is 13.0 Å². The Balaban J connectivity index is 2.83. The van der Waals surface area contributed by atoms with E-state index in [0.29, 0.717) is 12.0 Å². The number of carbonyl (C=O) groups is 1. The van der Waals surface area contributed by atoms with E-state index < -0.39 is 0 Å². The SMILES string of the molecule is COc1cc(C)c(C(=O)OCCCO)cc1C. The number of hydrogen-bond acceptors (Lipinski definition) is 4. The van der Waals surface area contributed by atoms with Gasteiger partial charge in [0.05, 0.1) is 19.3 Å². The molecule has 0 amide bonds. The number of aryl methyl sites for hydroxylation is 2. The highest BCUT2D eigenvalue weighted by Crippen LogP contribution is 2.22. The fourth-order valence-electron chi connectivity index (χ4n) is 1.54. The number of esters is 1. The number of benzene rings is 1. The lowest BCUT2D eigenvalue weighted by molar-refractivity contribution is 0.0481. The molecule has 0 aliphatic carbocycles. The molecule has 1 aromatic rings. The van der Waals surface area contributed by atoms with E-state index >= 15 is 0 Å². The second-order valence-electron chi connectivity index (χ2n) is 3.85. The first-order valence-electron chi connectivity index (χ1n) is 5.53.